The van der Waals surface area contributed by atoms with E-state index in [1.165, 1.54) is 16.7 Å². The van der Waals surface area contributed by atoms with Gasteiger partial charge in [-0.05, 0) is 38.8 Å². The first-order chi connectivity index (χ1) is 11.5. The van der Waals surface area contributed by atoms with Crippen LogP contribution in [0.2, 0.25) is 0 Å². The van der Waals surface area contributed by atoms with E-state index in [1.807, 2.05) is 30.3 Å². The highest BCUT2D eigenvalue weighted by atomic mass is 16.4. The highest BCUT2D eigenvalue weighted by Gasteiger charge is 2.37. The van der Waals surface area contributed by atoms with Gasteiger partial charge in [0.1, 0.15) is 0 Å². The van der Waals surface area contributed by atoms with Gasteiger partial charge in [-0.3, -0.25) is 0 Å². The Bertz CT molecular complexity index is 914. The van der Waals surface area contributed by atoms with Crippen molar-refractivity contribution in [1.29, 1.82) is 0 Å². The summed E-state index contributed by atoms with van der Waals surface area (Å²) in [5, 5.41) is 19.5. The number of fused-ring (bicyclic) bond motifs is 3. The zero-order chi connectivity index (χ0) is 16.9. The summed E-state index contributed by atoms with van der Waals surface area (Å²) in [6.07, 6.45) is 0. The van der Waals surface area contributed by atoms with Gasteiger partial charge in [-0.1, -0.05) is 80.6 Å². The Morgan fingerprint density at radius 1 is 0.750 bits per heavy atom. The highest BCUT2D eigenvalue weighted by molar-refractivity contribution is 6.58. The zero-order valence-electron chi connectivity index (χ0n) is 13.8. The van der Waals surface area contributed by atoms with Gasteiger partial charge in [-0.15, -0.1) is 0 Å². The molecule has 3 aromatic carbocycles. The molecule has 2 nitrogen and oxygen atoms in total. The molecule has 0 amide bonds. The van der Waals surface area contributed by atoms with Crippen molar-refractivity contribution < 1.29 is 10.0 Å². The van der Waals surface area contributed by atoms with Crippen molar-refractivity contribution in [3.8, 4) is 22.3 Å². The van der Waals surface area contributed by atoms with Gasteiger partial charge in [-0.25, -0.2) is 0 Å². The Kier molecular flexibility index (Phi) is 3.38. The summed E-state index contributed by atoms with van der Waals surface area (Å²) in [5.74, 6) is 0. The van der Waals surface area contributed by atoms with Crippen molar-refractivity contribution in [3.05, 3.63) is 77.9 Å². The molecule has 0 saturated heterocycles. The van der Waals surface area contributed by atoms with E-state index in [2.05, 4.69) is 50.2 Å². The molecule has 0 radical (unpaired) electrons. The Morgan fingerprint density at radius 2 is 1.42 bits per heavy atom. The van der Waals surface area contributed by atoms with E-state index in [1.54, 1.807) is 0 Å². The lowest BCUT2D eigenvalue weighted by Gasteiger charge is -2.22. The van der Waals surface area contributed by atoms with Crippen molar-refractivity contribution in [1.82, 2.24) is 0 Å². The SMILES string of the molecule is CC1(C)c2ccccc2-c2c(-c3ccccc3)cc(B(O)O)cc21. The molecule has 4 rings (SSSR count). The van der Waals surface area contributed by atoms with Crippen LogP contribution < -0.4 is 5.46 Å². The summed E-state index contributed by atoms with van der Waals surface area (Å²) < 4.78 is 0. The first-order valence-electron chi connectivity index (χ1n) is 8.20. The van der Waals surface area contributed by atoms with Crippen LogP contribution in [0.4, 0.5) is 0 Å². The zero-order valence-corrected chi connectivity index (χ0v) is 13.8. The van der Waals surface area contributed by atoms with E-state index in [0.29, 0.717) is 5.46 Å². The third-order valence-electron chi connectivity index (χ3n) is 5.09. The van der Waals surface area contributed by atoms with E-state index in [0.717, 1.165) is 16.7 Å². The molecular formula is C21H19BO2. The monoisotopic (exact) mass is 314 g/mol. The van der Waals surface area contributed by atoms with Crippen LogP contribution in [0, 0.1) is 0 Å². The summed E-state index contributed by atoms with van der Waals surface area (Å²) in [6, 6.07) is 22.4. The first kappa shape index (κ1) is 15.2. The summed E-state index contributed by atoms with van der Waals surface area (Å²) in [7, 11) is -1.47. The van der Waals surface area contributed by atoms with Crippen LogP contribution in [0.15, 0.2) is 66.7 Å². The van der Waals surface area contributed by atoms with Crippen LogP contribution >= 0.6 is 0 Å². The second-order valence-electron chi connectivity index (χ2n) is 6.90. The van der Waals surface area contributed by atoms with Gasteiger partial charge < -0.3 is 10.0 Å². The van der Waals surface area contributed by atoms with Crippen LogP contribution in [-0.2, 0) is 5.41 Å². The Labute approximate surface area is 142 Å². The third kappa shape index (κ3) is 2.13. The molecule has 0 heterocycles. The molecule has 1 aliphatic rings. The Hall–Kier alpha value is -2.36. The van der Waals surface area contributed by atoms with Crippen molar-refractivity contribution in [3.63, 3.8) is 0 Å². The average Bonchev–Trinajstić information content (AvgIpc) is 2.83. The maximum absolute atomic E-state index is 9.77. The largest absolute Gasteiger partial charge is 0.488 e. The molecule has 3 aromatic rings. The van der Waals surface area contributed by atoms with Crippen LogP contribution in [0.1, 0.15) is 25.0 Å². The van der Waals surface area contributed by atoms with Crippen molar-refractivity contribution >= 4 is 12.6 Å². The predicted octanol–water partition coefficient (Wildman–Crippen LogP) is 3.34. The summed E-state index contributed by atoms with van der Waals surface area (Å²) >= 11 is 0. The van der Waals surface area contributed by atoms with E-state index in [-0.39, 0.29) is 5.41 Å². The fourth-order valence-corrected chi connectivity index (χ4v) is 3.83. The molecule has 3 heteroatoms. The smallest absolute Gasteiger partial charge is 0.423 e. The molecule has 0 unspecified atom stereocenters. The molecule has 118 valence electrons. The minimum Gasteiger partial charge on any atom is -0.423 e. The lowest BCUT2D eigenvalue weighted by Crippen LogP contribution is -2.31. The fourth-order valence-electron chi connectivity index (χ4n) is 3.83. The van der Waals surface area contributed by atoms with Crippen molar-refractivity contribution in [2.45, 2.75) is 19.3 Å². The van der Waals surface area contributed by atoms with Crippen molar-refractivity contribution in [2.24, 2.45) is 0 Å². The normalized spacial score (nSPS) is 14.2. The molecule has 0 aromatic heterocycles. The van der Waals surface area contributed by atoms with E-state index < -0.39 is 7.12 Å². The maximum atomic E-state index is 9.77. The molecule has 0 saturated carbocycles. The fraction of sp³-hybridized carbons (Fsp3) is 0.143. The van der Waals surface area contributed by atoms with Gasteiger partial charge in [0.25, 0.3) is 0 Å². The number of hydrogen-bond donors (Lipinski definition) is 2. The predicted molar refractivity (Wildman–Crippen MR) is 99.3 cm³/mol. The topological polar surface area (TPSA) is 40.5 Å². The lowest BCUT2D eigenvalue weighted by atomic mass is 9.73. The second kappa shape index (κ2) is 5.33. The standard InChI is InChI=1S/C21H19BO2/c1-21(2)18-11-7-6-10-16(18)20-17(14-8-4-3-5-9-14)12-15(22(23)24)13-19(20)21/h3-13,23-24H,1-2H3. The third-order valence-corrected chi connectivity index (χ3v) is 5.09. The van der Waals surface area contributed by atoms with Gasteiger partial charge in [0.05, 0.1) is 0 Å². The molecule has 1 aliphatic carbocycles. The second-order valence-corrected chi connectivity index (χ2v) is 6.90. The molecule has 0 bridgehead atoms. The van der Waals surface area contributed by atoms with E-state index in [9.17, 15) is 10.0 Å². The summed E-state index contributed by atoms with van der Waals surface area (Å²) in [4.78, 5) is 0. The van der Waals surface area contributed by atoms with Crippen LogP contribution in [0.5, 0.6) is 0 Å². The number of hydrogen-bond acceptors (Lipinski definition) is 2. The molecule has 0 atom stereocenters. The molecule has 0 fully saturated rings. The van der Waals surface area contributed by atoms with Crippen LogP contribution in [0.25, 0.3) is 22.3 Å². The Balaban J connectivity index is 2.10. The maximum Gasteiger partial charge on any atom is 0.488 e. The average molecular weight is 314 g/mol. The van der Waals surface area contributed by atoms with E-state index >= 15 is 0 Å². The van der Waals surface area contributed by atoms with Crippen LogP contribution in [0.3, 0.4) is 0 Å². The van der Waals surface area contributed by atoms with Crippen molar-refractivity contribution in [2.75, 3.05) is 0 Å². The number of benzene rings is 3. The van der Waals surface area contributed by atoms with Crippen LogP contribution in [-0.4, -0.2) is 17.2 Å². The molecule has 2 N–H and O–H groups in total. The molecule has 24 heavy (non-hydrogen) atoms. The lowest BCUT2D eigenvalue weighted by molar-refractivity contribution is 0.425. The molecule has 0 spiro atoms. The van der Waals surface area contributed by atoms with E-state index in [4.69, 9.17) is 0 Å². The van der Waals surface area contributed by atoms with Gasteiger partial charge in [0, 0.05) is 5.41 Å². The Morgan fingerprint density at radius 3 is 2.12 bits per heavy atom. The van der Waals surface area contributed by atoms with Gasteiger partial charge >= 0.3 is 7.12 Å². The summed E-state index contributed by atoms with van der Waals surface area (Å²) in [5.41, 5.74) is 7.36. The van der Waals surface area contributed by atoms with Gasteiger partial charge in [0.2, 0.25) is 0 Å². The quantitative estimate of drug-likeness (QED) is 0.712. The molecule has 0 aliphatic heterocycles. The summed E-state index contributed by atoms with van der Waals surface area (Å²) in [6.45, 7) is 4.39. The minimum absolute atomic E-state index is 0.166. The molecular weight excluding hydrogens is 295 g/mol. The van der Waals surface area contributed by atoms with Gasteiger partial charge in [0.15, 0.2) is 0 Å². The highest BCUT2D eigenvalue weighted by Crippen LogP contribution is 2.51. The first-order valence-corrected chi connectivity index (χ1v) is 8.20. The van der Waals surface area contributed by atoms with Gasteiger partial charge in [-0.2, -0.15) is 0 Å². The number of rotatable bonds is 2. The minimum atomic E-state index is -1.47.